The highest BCUT2D eigenvalue weighted by Crippen LogP contribution is 2.30. The first-order chi connectivity index (χ1) is 9.43. The molecule has 0 heterocycles. The molecule has 114 valence electrons. The fourth-order valence-electron chi connectivity index (χ4n) is 1.60. The lowest BCUT2D eigenvalue weighted by Gasteiger charge is -2.16. The third-order valence-corrected chi connectivity index (χ3v) is 2.72. The molecule has 0 bridgehead atoms. The molecule has 0 aliphatic carbocycles. The minimum atomic E-state index is -0.696. The number of benzene rings is 1. The number of ether oxygens (including phenoxy) is 3. The van der Waals surface area contributed by atoms with Gasteiger partial charge in [-0.05, 0) is 38.5 Å². The fourth-order valence-corrected chi connectivity index (χ4v) is 1.60. The van der Waals surface area contributed by atoms with Crippen LogP contribution in [0.25, 0.3) is 0 Å². The van der Waals surface area contributed by atoms with E-state index in [4.69, 9.17) is 14.2 Å². The Morgan fingerprint density at radius 2 is 1.75 bits per heavy atom. The Bertz CT molecular complexity index is 403. The van der Waals surface area contributed by atoms with E-state index in [1.165, 1.54) is 7.11 Å². The lowest BCUT2D eigenvalue weighted by molar-refractivity contribution is -0.0125. The topological polar surface area (TPSA) is 68.2 Å². The van der Waals surface area contributed by atoms with Crippen molar-refractivity contribution in [3.8, 4) is 11.5 Å². The Kier molecular flexibility index (Phi) is 6.78. The van der Waals surface area contributed by atoms with Crippen LogP contribution in [0.3, 0.4) is 0 Å². The van der Waals surface area contributed by atoms with Gasteiger partial charge in [0.2, 0.25) is 0 Å². The third-order valence-electron chi connectivity index (χ3n) is 2.72. The minimum absolute atomic E-state index is 0.0736. The molecule has 0 saturated carbocycles. The molecule has 0 aliphatic heterocycles. The highest BCUT2D eigenvalue weighted by atomic mass is 16.5. The maximum atomic E-state index is 9.73. The average Bonchev–Trinajstić information content (AvgIpc) is 2.42. The molecule has 1 aromatic rings. The third kappa shape index (κ3) is 5.36. The number of aliphatic hydroxyl groups is 2. The molecule has 5 nitrogen and oxygen atoms in total. The number of hydrogen-bond donors (Lipinski definition) is 2. The molecule has 1 unspecified atom stereocenters. The Morgan fingerprint density at radius 1 is 1.05 bits per heavy atom. The second-order valence-electron chi connectivity index (χ2n) is 4.93. The van der Waals surface area contributed by atoms with Gasteiger partial charge >= 0.3 is 0 Å². The van der Waals surface area contributed by atoms with E-state index in [1.54, 1.807) is 25.1 Å². The van der Waals surface area contributed by atoms with Gasteiger partial charge in [-0.15, -0.1) is 0 Å². The molecule has 5 heteroatoms. The van der Waals surface area contributed by atoms with Crippen molar-refractivity contribution in [2.75, 3.05) is 20.3 Å². The number of rotatable bonds is 8. The molecule has 1 rings (SSSR count). The van der Waals surface area contributed by atoms with Gasteiger partial charge in [0.05, 0.1) is 25.9 Å². The molecular weight excluding hydrogens is 260 g/mol. The number of hydrogen-bond acceptors (Lipinski definition) is 5. The van der Waals surface area contributed by atoms with E-state index >= 15 is 0 Å². The molecule has 0 radical (unpaired) electrons. The molecule has 2 N–H and O–H groups in total. The van der Waals surface area contributed by atoms with Gasteiger partial charge in [0, 0.05) is 0 Å². The normalized spacial score (nSPS) is 14.2. The molecule has 0 spiro atoms. The first-order valence-electron chi connectivity index (χ1n) is 6.72. The zero-order chi connectivity index (χ0) is 15.1. The molecule has 0 fully saturated rings. The first-order valence-corrected chi connectivity index (χ1v) is 6.72. The van der Waals surface area contributed by atoms with Gasteiger partial charge in [-0.25, -0.2) is 0 Å². The minimum Gasteiger partial charge on any atom is -0.493 e. The van der Waals surface area contributed by atoms with Crippen LogP contribution in [0.5, 0.6) is 11.5 Å². The smallest absolute Gasteiger partial charge is 0.161 e. The largest absolute Gasteiger partial charge is 0.493 e. The summed E-state index contributed by atoms with van der Waals surface area (Å²) in [5.41, 5.74) is 0.748. The molecule has 0 saturated heterocycles. The van der Waals surface area contributed by atoms with Crippen LogP contribution in [0.1, 0.15) is 32.4 Å². The summed E-state index contributed by atoms with van der Waals surface area (Å²) in [6.07, 6.45) is -1.19. The van der Waals surface area contributed by atoms with Crippen molar-refractivity contribution in [3.63, 3.8) is 0 Å². The summed E-state index contributed by atoms with van der Waals surface area (Å²) in [5.74, 6) is 1.06. The van der Waals surface area contributed by atoms with Crippen molar-refractivity contribution >= 4 is 0 Å². The predicted molar refractivity (Wildman–Crippen MR) is 76.2 cm³/mol. The highest BCUT2D eigenvalue weighted by molar-refractivity contribution is 5.43. The van der Waals surface area contributed by atoms with Gasteiger partial charge in [0.1, 0.15) is 12.7 Å². The van der Waals surface area contributed by atoms with E-state index in [1.807, 2.05) is 13.8 Å². The summed E-state index contributed by atoms with van der Waals surface area (Å²) >= 11 is 0. The first kappa shape index (κ1) is 16.8. The van der Waals surface area contributed by atoms with Crippen molar-refractivity contribution < 1.29 is 24.4 Å². The van der Waals surface area contributed by atoms with E-state index < -0.39 is 12.2 Å². The zero-order valence-corrected chi connectivity index (χ0v) is 12.5. The van der Waals surface area contributed by atoms with E-state index in [-0.39, 0.29) is 19.3 Å². The van der Waals surface area contributed by atoms with Gasteiger partial charge in [0.15, 0.2) is 11.5 Å². The number of aliphatic hydroxyl groups excluding tert-OH is 2. The van der Waals surface area contributed by atoms with Crippen LogP contribution in [0.15, 0.2) is 18.2 Å². The maximum absolute atomic E-state index is 9.73. The van der Waals surface area contributed by atoms with Crippen LogP contribution in [0, 0.1) is 0 Å². The van der Waals surface area contributed by atoms with Gasteiger partial charge in [0.25, 0.3) is 0 Å². The molecular formula is C15H24O5. The highest BCUT2D eigenvalue weighted by Gasteiger charge is 2.11. The monoisotopic (exact) mass is 284 g/mol. The molecule has 2 atom stereocenters. The van der Waals surface area contributed by atoms with E-state index in [2.05, 4.69) is 0 Å². The fraction of sp³-hybridized carbons (Fsp3) is 0.600. The van der Waals surface area contributed by atoms with Gasteiger partial charge in [-0.2, -0.15) is 0 Å². The van der Waals surface area contributed by atoms with Crippen molar-refractivity contribution in [1.29, 1.82) is 0 Å². The Morgan fingerprint density at radius 3 is 2.30 bits per heavy atom. The van der Waals surface area contributed by atoms with Crippen molar-refractivity contribution in [1.82, 2.24) is 0 Å². The maximum Gasteiger partial charge on any atom is 0.161 e. The lowest BCUT2D eigenvalue weighted by Crippen LogP contribution is -2.25. The van der Waals surface area contributed by atoms with Crippen molar-refractivity contribution in [3.05, 3.63) is 23.8 Å². The van der Waals surface area contributed by atoms with Crippen LogP contribution < -0.4 is 9.47 Å². The summed E-state index contributed by atoms with van der Waals surface area (Å²) in [6, 6.07) is 5.20. The summed E-state index contributed by atoms with van der Waals surface area (Å²) in [6.45, 7) is 5.85. The van der Waals surface area contributed by atoms with Crippen molar-refractivity contribution in [2.24, 2.45) is 0 Å². The standard InChI is InChI=1S/C15H24O5/c1-10(2)19-8-13(17)9-20-14-6-5-12(11(3)16)7-15(14)18-4/h5-7,10-11,13,16-17H,8-9H2,1-4H3/t11-,13?/m0/s1. The van der Waals surface area contributed by atoms with E-state index in [0.29, 0.717) is 11.5 Å². The van der Waals surface area contributed by atoms with Gasteiger partial charge in [-0.3, -0.25) is 0 Å². The Hall–Kier alpha value is -1.30. The van der Waals surface area contributed by atoms with Crippen LogP contribution in [0.2, 0.25) is 0 Å². The summed E-state index contributed by atoms with van der Waals surface area (Å²) in [4.78, 5) is 0. The predicted octanol–water partition coefficient (Wildman–Crippen LogP) is 1.91. The quantitative estimate of drug-likeness (QED) is 0.763. The SMILES string of the molecule is COc1cc([C@H](C)O)ccc1OCC(O)COC(C)C. The van der Waals surface area contributed by atoms with Crippen LogP contribution in [-0.2, 0) is 4.74 Å². The lowest BCUT2D eigenvalue weighted by atomic mass is 10.1. The summed E-state index contributed by atoms with van der Waals surface area (Å²) in [5, 5.41) is 19.3. The average molecular weight is 284 g/mol. The second kappa shape index (κ2) is 8.09. The number of methoxy groups -OCH3 is 1. The van der Waals surface area contributed by atoms with Gasteiger partial charge < -0.3 is 24.4 Å². The second-order valence-corrected chi connectivity index (χ2v) is 4.93. The summed E-state index contributed by atoms with van der Waals surface area (Å²) < 4.78 is 16.0. The Labute approximate surface area is 120 Å². The molecule has 1 aromatic carbocycles. The van der Waals surface area contributed by atoms with Crippen LogP contribution in [-0.4, -0.2) is 42.7 Å². The van der Waals surface area contributed by atoms with Crippen LogP contribution in [0.4, 0.5) is 0 Å². The zero-order valence-electron chi connectivity index (χ0n) is 12.5. The summed E-state index contributed by atoms with van der Waals surface area (Å²) in [7, 11) is 1.53. The molecule has 20 heavy (non-hydrogen) atoms. The van der Waals surface area contributed by atoms with Crippen molar-refractivity contribution in [2.45, 2.75) is 39.1 Å². The van der Waals surface area contributed by atoms with Crippen LogP contribution >= 0.6 is 0 Å². The Balaban J connectivity index is 2.59. The van der Waals surface area contributed by atoms with E-state index in [0.717, 1.165) is 5.56 Å². The molecule has 0 aliphatic rings. The van der Waals surface area contributed by atoms with E-state index in [9.17, 15) is 10.2 Å². The van der Waals surface area contributed by atoms with Gasteiger partial charge in [-0.1, -0.05) is 6.07 Å². The molecule has 0 aromatic heterocycles. The molecule has 0 amide bonds.